The Morgan fingerprint density at radius 3 is 2.70 bits per heavy atom. The molecule has 1 amide bonds. The number of nitrogens with zero attached hydrogens (tertiary/aromatic N) is 3. The number of rotatable bonds is 3. The van der Waals surface area contributed by atoms with E-state index in [2.05, 4.69) is 20.6 Å². The molecule has 0 aliphatic rings. The molecule has 0 spiro atoms. The number of halogens is 1. The van der Waals surface area contributed by atoms with Gasteiger partial charge in [-0.15, -0.1) is 0 Å². The number of carbonyl (C=O) groups excluding carboxylic acids is 1. The van der Waals surface area contributed by atoms with E-state index >= 15 is 0 Å². The maximum atomic E-state index is 12.1. The molecule has 2 heterocycles. The predicted molar refractivity (Wildman–Crippen MR) is 103 cm³/mol. The highest BCUT2D eigenvalue weighted by molar-refractivity contribution is 6.32. The molecule has 142 valence electrons. The normalized spacial score (nSPS) is 11.6. The number of carbonyl (C=O) groups is 1. The average Bonchev–Trinajstić information content (AvgIpc) is 2.92. The van der Waals surface area contributed by atoms with Gasteiger partial charge in [-0.25, -0.2) is 9.89 Å². The van der Waals surface area contributed by atoms with E-state index in [0.29, 0.717) is 21.6 Å². The van der Waals surface area contributed by atoms with Crippen LogP contribution >= 0.6 is 11.6 Å². The zero-order valence-corrected chi connectivity index (χ0v) is 16.2. The van der Waals surface area contributed by atoms with Gasteiger partial charge in [0.25, 0.3) is 5.56 Å². The monoisotopic (exact) mass is 389 g/mol. The molecule has 2 aromatic heterocycles. The van der Waals surface area contributed by atoms with Gasteiger partial charge in [-0.1, -0.05) is 17.7 Å². The van der Waals surface area contributed by atoms with Crippen LogP contribution in [0, 0.1) is 0 Å². The van der Waals surface area contributed by atoms with Crippen LogP contribution in [0.3, 0.4) is 0 Å². The zero-order chi connectivity index (χ0) is 19.8. The van der Waals surface area contributed by atoms with Crippen LogP contribution in [0.1, 0.15) is 26.5 Å². The molecule has 3 rings (SSSR count). The molecule has 27 heavy (non-hydrogen) atoms. The second-order valence-corrected chi connectivity index (χ2v) is 7.45. The lowest BCUT2D eigenvalue weighted by Gasteiger charge is -2.19. The minimum Gasteiger partial charge on any atom is -0.444 e. The molecule has 8 nitrogen and oxygen atoms in total. The smallest absolute Gasteiger partial charge is 0.407 e. The van der Waals surface area contributed by atoms with Gasteiger partial charge < -0.3 is 10.1 Å². The fraction of sp³-hybridized carbons (Fsp3) is 0.333. The third kappa shape index (κ3) is 4.11. The number of ether oxygens (including phenoxy) is 1. The Morgan fingerprint density at radius 1 is 1.33 bits per heavy atom. The molecule has 0 fully saturated rings. The Kier molecular flexibility index (Phi) is 4.93. The summed E-state index contributed by atoms with van der Waals surface area (Å²) in [6.07, 6.45) is 1.10. The summed E-state index contributed by atoms with van der Waals surface area (Å²) < 4.78 is 6.79. The molecule has 9 heteroatoms. The Bertz CT molecular complexity index is 1070. The highest BCUT2D eigenvalue weighted by Gasteiger charge is 2.17. The number of aryl methyl sites for hydroxylation is 1. The van der Waals surface area contributed by atoms with Gasteiger partial charge in [-0.05, 0) is 38.5 Å². The number of amides is 1. The lowest BCUT2D eigenvalue weighted by molar-refractivity contribution is 0.0523. The zero-order valence-electron chi connectivity index (χ0n) is 15.5. The first-order valence-electron chi connectivity index (χ1n) is 8.32. The largest absolute Gasteiger partial charge is 0.444 e. The molecule has 1 aromatic carbocycles. The van der Waals surface area contributed by atoms with Crippen LogP contribution in [0.15, 0.2) is 29.2 Å². The van der Waals surface area contributed by atoms with Crippen molar-refractivity contribution in [2.24, 2.45) is 7.05 Å². The van der Waals surface area contributed by atoms with Gasteiger partial charge in [0.2, 0.25) is 0 Å². The Morgan fingerprint density at radius 2 is 2.07 bits per heavy atom. The van der Waals surface area contributed by atoms with E-state index in [0.717, 1.165) is 11.1 Å². The van der Waals surface area contributed by atoms with Crippen molar-refractivity contribution in [1.82, 2.24) is 25.3 Å². The molecule has 0 atom stereocenters. The summed E-state index contributed by atoms with van der Waals surface area (Å²) in [5.74, 6) is 0. The van der Waals surface area contributed by atoms with Crippen LogP contribution < -0.4 is 10.9 Å². The van der Waals surface area contributed by atoms with Crippen molar-refractivity contribution in [3.8, 4) is 11.1 Å². The molecule has 0 radical (unpaired) electrons. The number of H-pyrrole nitrogens is 1. The van der Waals surface area contributed by atoms with Crippen molar-refractivity contribution in [3.63, 3.8) is 0 Å². The molecule has 0 aliphatic carbocycles. The predicted octanol–water partition coefficient (Wildman–Crippen LogP) is 3.00. The molecular formula is C18H20ClN5O3. The van der Waals surface area contributed by atoms with Crippen molar-refractivity contribution >= 4 is 28.5 Å². The van der Waals surface area contributed by atoms with Crippen molar-refractivity contribution in [3.05, 3.63) is 45.6 Å². The summed E-state index contributed by atoms with van der Waals surface area (Å²) in [6, 6.07) is 5.31. The van der Waals surface area contributed by atoms with Gasteiger partial charge in [-0.3, -0.25) is 9.48 Å². The van der Waals surface area contributed by atoms with Crippen molar-refractivity contribution in [2.75, 3.05) is 0 Å². The van der Waals surface area contributed by atoms with E-state index in [1.54, 1.807) is 50.8 Å². The van der Waals surface area contributed by atoms with Crippen LogP contribution in [0.2, 0.25) is 5.15 Å². The van der Waals surface area contributed by atoms with E-state index in [-0.39, 0.29) is 12.1 Å². The minimum absolute atomic E-state index is 0.104. The number of aromatic amines is 1. The number of nitrogens with one attached hydrogen (secondary N) is 2. The summed E-state index contributed by atoms with van der Waals surface area (Å²) in [5.41, 5.74) is 1.14. The fourth-order valence-corrected chi connectivity index (χ4v) is 2.81. The lowest BCUT2D eigenvalue weighted by Crippen LogP contribution is -2.32. The molecule has 0 bridgehead atoms. The van der Waals surface area contributed by atoms with Crippen molar-refractivity contribution < 1.29 is 9.53 Å². The molecular weight excluding hydrogens is 370 g/mol. The molecule has 0 unspecified atom stereocenters. The number of benzene rings is 1. The van der Waals surface area contributed by atoms with E-state index < -0.39 is 11.7 Å². The summed E-state index contributed by atoms with van der Waals surface area (Å²) in [7, 11) is 1.75. The van der Waals surface area contributed by atoms with E-state index in [1.165, 1.54) is 0 Å². The number of hydrogen-bond acceptors (Lipinski definition) is 5. The molecule has 2 N–H and O–H groups in total. The number of alkyl carbamates (subject to hydrolysis) is 1. The minimum atomic E-state index is -0.602. The second kappa shape index (κ2) is 7.03. The van der Waals surface area contributed by atoms with Gasteiger partial charge in [0.15, 0.2) is 0 Å². The third-order valence-electron chi connectivity index (χ3n) is 3.84. The van der Waals surface area contributed by atoms with Crippen LogP contribution in [0.4, 0.5) is 4.79 Å². The number of aromatic nitrogens is 4. The topological polar surface area (TPSA) is 102 Å². The first-order chi connectivity index (χ1) is 12.7. The number of hydrogen-bond donors (Lipinski definition) is 2. The summed E-state index contributed by atoms with van der Waals surface area (Å²) in [4.78, 5) is 24.0. The Balaban J connectivity index is 1.97. The van der Waals surface area contributed by atoms with Crippen molar-refractivity contribution in [2.45, 2.75) is 32.9 Å². The summed E-state index contributed by atoms with van der Waals surface area (Å²) >= 11 is 6.27. The van der Waals surface area contributed by atoms with Crippen LogP contribution in [0.25, 0.3) is 21.9 Å². The Labute approximate surface area is 160 Å². The SMILES string of the molecule is Cn1ncc(-c2ccc3c(=O)[nH]nc(CNC(=O)OC(C)(C)C)c3c2)c1Cl. The standard InChI is InChI=1S/C18H20ClN5O3/c1-18(2,3)27-17(26)20-9-14-12-7-10(13-8-21-24(4)15(13)19)5-6-11(12)16(25)23-22-14/h5-8H,9H2,1-4H3,(H,20,26)(H,23,25). The lowest BCUT2D eigenvalue weighted by atomic mass is 10.0. The van der Waals surface area contributed by atoms with Crippen LogP contribution in [-0.4, -0.2) is 31.7 Å². The average molecular weight is 390 g/mol. The first kappa shape index (κ1) is 18.9. The van der Waals surface area contributed by atoms with E-state index in [9.17, 15) is 9.59 Å². The molecule has 0 saturated carbocycles. The Hall–Kier alpha value is -2.87. The third-order valence-corrected chi connectivity index (χ3v) is 4.29. The highest BCUT2D eigenvalue weighted by Crippen LogP contribution is 2.29. The van der Waals surface area contributed by atoms with E-state index in [1.807, 2.05) is 6.07 Å². The van der Waals surface area contributed by atoms with Crippen molar-refractivity contribution in [1.29, 1.82) is 0 Å². The van der Waals surface area contributed by atoms with Gasteiger partial charge in [0, 0.05) is 18.0 Å². The molecule has 3 aromatic rings. The van der Waals surface area contributed by atoms with Crippen LogP contribution in [-0.2, 0) is 18.3 Å². The van der Waals surface area contributed by atoms with Gasteiger partial charge in [-0.2, -0.15) is 10.2 Å². The van der Waals surface area contributed by atoms with Crippen LogP contribution in [0.5, 0.6) is 0 Å². The first-order valence-corrected chi connectivity index (χ1v) is 8.69. The maximum absolute atomic E-state index is 12.1. The summed E-state index contributed by atoms with van der Waals surface area (Å²) in [5, 5.41) is 14.9. The quantitative estimate of drug-likeness (QED) is 0.716. The van der Waals surface area contributed by atoms with Gasteiger partial charge >= 0.3 is 6.09 Å². The van der Waals surface area contributed by atoms with E-state index in [4.69, 9.17) is 16.3 Å². The molecule has 0 aliphatic heterocycles. The number of fused-ring (bicyclic) bond motifs is 1. The fourth-order valence-electron chi connectivity index (χ4n) is 2.61. The second-order valence-electron chi connectivity index (χ2n) is 7.09. The maximum Gasteiger partial charge on any atom is 0.407 e. The van der Waals surface area contributed by atoms with Gasteiger partial charge in [0.05, 0.1) is 23.8 Å². The van der Waals surface area contributed by atoms with Gasteiger partial charge in [0.1, 0.15) is 10.8 Å². The molecule has 0 saturated heterocycles. The highest BCUT2D eigenvalue weighted by atomic mass is 35.5. The summed E-state index contributed by atoms with van der Waals surface area (Å²) in [6.45, 7) is 5.45.